The summed E-state index contributed by atoms with van der Waals surface area (Å²) in [7, 11) is 0. The van der Waals surface area contributed by atoms with Gasteiger partial charge in [-0.1, -0.05) is 29.8 Å². The predicted molar refractivity (Wildman–Crippen MR) is 78.0 cm³/mol. The zero-order chi connectivity index (χ0) is 14.1. The van der Waals surface area contributed by atoms with Crippen LogP contribution in [0.4, 0.5) is 5.82 Å². The Morgan fingerprint density at radius 2 is 2.10 bits per heavy atom. The van der Waals surface area contributed by atoms with Crippen molar-refractivity contribution < 1.29 is 4.79 Å². The Bertz CT molecular complexity index is 797. The number of hydrogen-bond donors (Lipinski definition) is 2. The van der Waals surface area contributed by atoms with Crippen molar-refractivity contribution in [3.63, 3.8) is 0 Å². The molecule has 2 N–H and O–H groups in total. The number of anilines is 1. The van der Waals surface area contributed by atoms with Gasteiger partial charge in [0.15, 0.2) is 5.82 Å². The Kier molecular flexibility index (Phi) is 3.12. The van der Waals surface area contributed by atoms with Crippen LogP contribution in [0.15, 0.2) is 36.4 Å². The average Bonchev–Trinajstić information content (AvgIpc) is 2.84. The van der Waals surface area contributed by atoms with Crippen LogP contribution in [0, 0.1) is 6.92 Å². The fourth-order valence-electron chi connectivity index (χ4n) is 1.91. The van der Waals surface area contributed by atoms with E-state index in [1.54, 1.807) is 12.1 Å². The smallest absolute Gasteiger partial charge is 0.275 e. The minimum Gasteiger partial charge on any atom is -0.304 e. The molecule has 3 rings (SSSR count). The number of benzene rings is 1. The molecule has 5 nitrogen and oxygen atoms in total. The van der Waals surface area contributed by atoms with Gasteiger partial charge in [0.25, 0.3) is 5.91 Å². The molecule has 6 heteroatoms. The molecule has 100 valence electrons. The van der Waals surface area contributed by atoms with Gasteiger partial charge >= 0.3 is 0 Å². The fraction of sp³-hybridized carbons (Fsp3) is 0.0714. The monoisotopic (exact) mass is 286 g/mol. The lowest BCUT2D eigenvalue weighted by atomic mass is 10.2. The summed E-state index contributed by atoms with van der Waals surface area (Å²) in [5.74, 6) is 0.114. The first kappa shape index (κ1) is 12.6. The number of rotatable bonds is 2. The fourth-order valence-corrected chi connectivity index (χ4v) is 2.17. The van der Waals surface area contributed by atoms with Gasteiger partial charge in [0.2, 0.25) is 0 Å². The van der Waals surface area contributed by atoms with Crippen molar-refractivity contribution in [2.24, 2.45) is 0 Å². The van der Waals surface area contributed by atoms with Gasteiger partial charge in [-0.3, -0.25) is 9.89 Å². The molecule has 0 unspecified atom stereocenters. The molecule has 1 aromatic carbocycles. The average molecular weight is 287 g/mol. The summed E-state index contributed by atoms with van der Waals surface area (Å²) in [5, 5.41) is 10.7. The van der Waals surface area contributed by atoms with Gasteiger partial charge in [0, 0.05) is 17.1 Å². The zero-order valence-electron chi connectivity index (χ0n) is 10.6. The Balaban J connectivity index is 1.95. The van der Waals surface area contributed by atoms with Crippen molar-refractivity contribution in [2.75, 3.05) is 5.32 Å². The summed E-state index contributed by atoms with van der Waals surface area (Å²) >= 11 is 6.17. The topological polar surface area (TPSA) is 70.7 Å². The third kappa shape index (κ3) is 2.35. The number of hydrogen-bond acceptors (Lipinski definition) is 3. The minimum absolute atomic E-state index is 0.259. The summed E-state index contributed by atoms with van der Waals surface area (Å²) in [6.07, 6.45) is 0. The van der Waals surface area contributed by atoms with Crippen molar-refractivity contribution in [3.8, 4) is 0 Å². The maximum absolute atomic E-state index is 12.1. The molecular weight excluding hydrogens is 276 g/mol. The van der Waals surface area contributed by atoms with Crippen LogP contribution in [-0.2, 0) is 0 Å². The number of aromatic nitrogens is 3. The molecule has 0 saturated carbocycles. The molecule has 1 amide bonds. The highest BCUT2D eigenvalue weighted by atomic mass is 35.5. The van der Waals surface area contributed by atoms with E-state index in [4.69, 9.17) is 11.6 Å². The van der Waals surface area contributed by atoms with Crippen LogP contribution >= 0.6 is 11.6 Å². The Morgan fingerprint density at radius 3 is 2.85 bits per heavy atom. The molecule has 0 atom stereocenters. The van der Waals surface area contributed by atoms with Crippen LogP contribution in [0.1, 0.15) is 16.2 Å². The number of pyridine rings is 1. The van der Waals surface area contributed by atoms with Gasteiger partial charge in [0.1, 0.15) is 5.69 Å². The van der Waals surface area contributed by atoms with Gasteiger partial charge in [-0.25, -0.2) is 4.98 Å². The van der Waals surface area contributed by atoms with Crippen molar-refractivity contribution in [2.45, 2.75) is 6.92 Å². The predicted octanol–water partition coefficient (Wildman–Crippen LogP) is 3.17. The molecule has 0 spiro atoms. The van der Waals surface area contributed by atoms with E-state index in [1.165, 1.54) is 0 Å². The first-order valence-corrected chi connectivity index (χ1v) is 6.40. The van der Waals surface area contributed by atoms with Gasteiger partial charge in [0.05, 0.1) is 10.5 Å². The molecule has 2 aromatic heterocycles. The van der Waals surface area contributed by atoms with E-state index in [1.807, 2.05) is 31.2 Å². The quantitative estimate of drug-likeness (QED) is 0.760. The van der Waals surface area contributed by atoms with Crippen molar-refractivity contribution in [1.29, 1.82) is 0 Å². The van der Waals surface area contributed by atoms with Crippen LogP contribution < -0.4 is 5.32 Å². The summed E-state index contributed by atoms with van der Waals surface area (Å²) in [5.41, 5.74) is 1.81. The first-order chi connectivity index (χ1) is 9.63. The highest BCUT2D eigenvalue weighted by Gasteiger charge is 2.12. The van der Waals surface area contributed by atoms with Crippen LogP contribution in [0.3, 0.4) is 0 Å². The third-order valence-electron chi connectivity index (χ3n) is 2.85. The molecule has 0 aliphatic heterocycles. The molecule has 0 fully saturated rings. The number of nitrogens with zero attached hydrogens (tertiary/aromatic N) is 2. The van der Waals surface area contributed by atoms with E-state index in [2.05, 4.69) is 20.5 Å². The zero-order valence-corrected chi connectivity index (χ0v) is 11.4. The summed E-state index contributed by atoms with van der Waals surface area (Å²) in [4.78, 5) is 16.4. The van der Waals surface area contributed by atoms with Gasteiger partial charge in [-0.2, -0.15) is 5.10 Å². The Hall–Kier alpha value is -2.40. The number of H-pyrrole nitrogens is 1. The number of fused-ring (bicyclic) bond motifs is 1. The second-order valence-corrected chi connectivity index (χ2v) is 4.80. The first-order valence-electron chi connectivity index (χ1n) is 6.02. The van der Waals surface area contributed by atoms with E-state index in [-0.39, 0.29) is 11.6 Å². The summed E-state index contributed by atoms with van der Waals surface area (Å²) in [6.45, 7) is 1.85. The number of halogens is 1. The van der Waals surface area contributed by atoms with E-state index >= 15 is 0 Å². The number of nitrogens with one attached hydrogen (secondary N) is 2. The van der Waals surface area contributed by atoms with E-state index in [0.717, 1.165) is 11.1 Å². The molecule has 0 aliphatic carbocycles. The Labute approximate surface area is 120 Å². The number of aromatic amines is 1. The highest BCUT2D eigenvalue weighted by Crippen LogP contribution is 2.23. The number of carbonyl (C=O) groups is 1. The maximum atomic E-state index is 12.1. The van der Waals surface area contributed by atoms with Crippen molar-refractivity contribution >= 4 is 34.2 Å². The second kappa shape index (κ2) is 4.94. The van der Waals surface area contributed by atoms with Gasteiger partial charge in [-0.15, -0.1) is 0 Å². The normalized spacial score (nSPS) is 10.7. The molecule has 0 saturated heterocycles. The lowest BCUT2D eigenvalue weighted by Gasteiger charge is -2.05. The minimum atomic E-state index is -0.343. The molecular formula is C14H11ClN4O. The highest BCUT2D eigenvalue weighted by molar-refractivity contribution is 6.35. The van der Waals surface area contributed by atoms with Gasteiger partial charge in [-0.05, 0) is 19.1 Å². The van der Waals surface area contributed by atoms with Gasteiger partial charge < -0.3 is 5.32 Å². The lowest BCUT2D eigenvalue weighted by Crippen LogP contribution is -2.14. The van der Waals surface area contributed by atoms with E-state index < -0.39 is 0 Å². The molecule has 3 aromatic rings. The van der Waals surface area contributed by atoms with Crippen LogP contribution in [-0.4, -0.2) is 21.1 Å². The molecule has 20 heavy (non-hydrogen) atoms. The summed E-state index contributed by atoms with van der Waals surface area (Å²) < 4.78 is 0. The molecule has 0 radical (unpaired) electrons. The Morgan fingerprint density at radius 1 is 1.30 bits per heavy atom. The van der Waals surface area contributed by atoms with Crippen molar-refractivity contribution in [1.82, 2.24) is 15.2 Å². The SMILES string of the molecule is Cc1cc(NC(=O)c2cc(Cl)c3ccccc3n2)n[nH]1. The maximum Gasteiger partial charge on any atom is 0.275 e. The molecule has 0 bridgehead atoms. The number of aryl methyl sites for hydroxylation is 1. The number of carbonyl (C=O) groups excluding carboxylic acids is 1. The van der Waals surface area contributed by atoms with Crippen LogP contribution in [0.5, 0.6) is 0 Å². The molecule has 0 aliphatic rings. The standard InChI is InChI=1S/C14H11ClN4O/c1-8-6-13(19-18-8)17-14(20)12-7-10(15)9-4-2-3-5-11(9)16-12/h2-7H,1H3,(H2,17,18,19,20). The number of para-hydroxylation sites is 1. The largest absolute Gasteiger partial charge is 0.304 e. The van der Waals surface area contributed by atoms with Crippen LogP contribution in [0.2, 0.25) is 5.02 Å². The lowest BCUT2D eigenvalue weighted by molar-refractivity contribution is 0.102. The second-order valence-electron chi connectivity index (χ2n) is 4.40. The molecule has 2 heterocycles. The van der Waals surface area contributed by atoms with E-state index in [9.17, 15) is 4.79 Å². The summed E-state index contributed by atoms with van der Waals surface area (Å²) in [6, 6.07) is 10.7. The third-order valence-corrected chi connectivity index (χ3v) is 3.16. The van der Waals surface area contributed by atoms with Crippen molar-refractivity contribution in [3.05, 3.63) is 52.8 Å². The number of amides is 1. The van der Waals surface area contributed by atoms with E-state index in [0.29, 0.717) is 16.4 Å². The van der Waals surface area contributed by atoms with Crippen LogP contribution in [0.25, 0.3) is 10.9 Å².